The Labute approximate surface area is 209 Å². The van der Waals surface area contributed by atoms with Gasteiger partial charge in [0, 0.05) is 19.6 Å². The molecule has 4 nitrogen and oxygen atoms in total. The van der Waals surface area contributed by atoms with E-state index < -0.39 is 0 Å². The Morgan fingerprint density at radius 2 is 0.818 bits per heavy atom. The van der Waals surface area contributed by atoms with Crippen molar-refractivity contribution in [3.8, 4) is 0 Å². The first-order valence-corrected chi connectivity index (χ1v) is 14.8. The maximum atomic E-state index is 10.7. The van der Waals surface area contributed by atoms with Gasteiger partial charge in [0.15, 0.2) is 0 Å². The van der Waals surface area contributed by atoms with Crippen molar-refractivity contribution >= 4 is 0 Å². The van der Waals surface area contributed by atoms with Crippen molar-refractivity contribution in [2.24, 2.45) is 5.73 Å². The van der Waals surface area contributed by atoms with Gasteiger partial charge < -0.3 is 20.3 Å². The number of unbranched alkanes of at least 4 members (excludes halogenated alkanes) is 18. The van der Waals surface area contributed by atoms with Gasteiger partial charge >= 0.3 is 0 Å². The summed E-state index contributed by atoms with van der Waals surface area (Å²) in [5, 5.41) is 10.7. The van der Waals surface area contributed by atoms with Gasteiger partial charge in [0.2, 0.25) is 0 Å². The Kier molecular flexibility index (Phi) is 31.7. The smallest absolute Gasteiger partial charge is 0.0792 e. The van der Waals surface area contributed by atoms with Crippen LogP contribution in [0.15, 0.2) is 0 Å². The number of rotatable bonds is 25. The molecule has 0 unspecified atom stereocenters. The second-order valence-corrected chi connectivity index (χ2v) is 10.4. The summed E-state index contributed by atoms with van der Waals surface area (Å²) >= 11 is 0. The first-order chi connectivity index (χ1) is 16.0. The van der Waals surface area contributed by atoms with Crippen LogP contribution >= 0.6 is 0 Å². The molecule has 0 amide bonds. The summed E-state index contributed by atoms with van der Waals surface area (Å²) < 4.78 is 5.55. The molecule has 202 valence electrons. The molecule has 0 saturated carbocycles. The standard InChI is InChI=1S/C24H50O.C5H14N2O/c1-3-5-7-9-11-13-15-17-19-21-23-25-24-22-20-18-16-14-12-10-8-6-4-2;1-7(2,8)5-3-4-6/h3-24H2,1-2H3;3-6H2,1-2H3. The van der Waals surface area contributed by atoms with Crippen LogP contribution in [0.3, 0.4) is 0 Å². The van der Waals surface area contributed by atoms with E-state index in [4.69, 9.17) is 10.5 Å². The molecule has 0 aliphatic heterocycles. The highest BCUT2D eigenvalue weighted by atomic mass is 16.5. The summed E-state index contributed by atoms with van der Waals surface area (Å²) in [6.45, 7) is 7.80. The maximum absolute atomic E-state index is 10.7. The number of nitrogens with two attached hydrogens (primary N) is 1. The van der Waals surface area contributed by atoms with Crippen LogP contribution in [-0.2, 0) is 4.74 Å². The molecule has 0 bridgehead atoms. The minimum Gasteiger partial charge on any atom is -0.633 e. The number of ether oxygens (including phenoxy) is 1. The van der Waals surface area contributed by atoms with Gasteiger partial charge in [-0.2, -0.15) is 0 Å². The lowest BCUT2D eigenvalue weighted by molar-refractivity contribution is -0.840. The number of hydrogen-bond acceptors (Lipinski definition) is 3. The largest absolute Gasteiger partial charge is 0.633 e. The fraction of sp³-hybridized carbons (Fsp3) is 1.00. The molecule has 0 atom stereocenters. The number of hydroxylamine groups is 3. The molecule has 33 heavy (non-hydrogen) atoms. The van der Waals surface area contributed by atoms with Crippen molar-refractivity contribution < 1.29 is 9.38 Å². The lowest BCUT2D eigenvalue weighted by Gasteiger charge is -2.33. The third-order valence-electron chi connectivity index (χ3n) is 6.19. The summed E-state index contributed by atoms with van der Waals surface area (Å²) in [6.07, 6.45) is 29.0. The van der Waals surface area contributed by atoms with Gasteiger partial charge in [-0.1, -0.05) is 129 Å². The molecule has 0 rings (SSSR count). The number of nitrogens with zero attached hydrogens (tertiary/aromatic N) is 1. The van der Waals surface area contributed by atoms with Gasteiger partial charge in [0.1, 0.15) is 0 Å². The summed E-state index contributed by atoms with van der Waals surface area (Å²) in [4.78, 5) is 0. The van der Waals surface area contributed by atoms with Crippen LogP contribution in [-0.4, -0.2) is 45.0 Å². The molecular weight excluding hydrogens is 408 g/mol. The quantitative estimate of drug-likeness (QED) is 0.0820. The van der Waals surface area contributed by atoms with Crippen LogP contribution in [0, 0.1) is 5.21 Å². The summed E-state index contributed by atoms with van der Waals surface area (Å²) in [6, 6.07) is 0. The highest BCUT2D eigenvalue weighted by Gasteiger charge is 1.97. The highest BCUT2D eigenvalue weighted by Crippen LogP contribution is 2.12. The average Bonchev–Trinajstić information content (AvgIpc) is 2.78. The summed E-state index contributed by atoms with van der Waals surface area (Å²) in [5.41, 5.74) is 5.19. The zero-order chi connectivity index (χ0) is 24.9. The van der Waals surface area contributed by atoms with Crippen LogP contribution in [0.4, 0.5) is 0 Å². The lowest BCUT2D eigenvalue weighted by Crippen LogP contribution is -2.34. The van der Waals surface area contributed by atoms with Gasteiger partial charge in [-0.3, -0.25) is 0 Å². The fourth-order valence-corrected chi connectivity index (χ4v) is 3.96. The molecule has 0 saturated heterocycles. The van der Waals surface area contributed by atoms with E-state index in [0.29, 0.717) is 13.1 Å². The molecule has 0 radical (unpaired) electrons. The molecule has 0 aromatic rings. The maximum Gasteiger partial charge on any atom is 0.0792 e. The van der Waals surface area contributed by atoms with Crippen molar-refractivity contribution in [1.82, 2.24) is 0 Å². The topological polar surface area (TPSA) is 58.3 Å². The number of hydrogen-bond donors (Lipinski definition) is 1. The van der Waals surface area contributed by atoms with Crippen molar-refractivity contribution in [3.63, 3.8) is 0 Å². The molecule has 0 aliphatic rings. The van der Waals surface area contributed by atoms with Crippen molar-refractivity contribution in [1.29, 1.82) is 0 Å². The SMILES string of the molecule is CCCCCCCCCCCCOCCCCCCCCCCCC.C[N+](C)([O-])CCCN. The van der Waals surface area contributed by atoms with Crippen LogP contribution in [0.25, 0.3) is 0 Å². The Morgan fingerprint density at radius 3 is 1.06 bits per heavy atom. The van der Waals surface area contributed by atoms with E-state index >= 15 is 0 Å². The first kappa shape index (κ1) is 35.0. The van der Waals surface area contributed by atoms with Gasteiger partial charge in [-0.25, -0.2) is 0 Å². The zero-order valence-corrected chi connectivity index (χ0v) is 23.5. The molecular formula is C29H64N2O2. The van der Waals surface area contributed by atoms with E-state index in [0.717, 1.165) is 19.6 Å². The van der Waals surface area contributed by atoms with Crippen molar-refractivity contribution in [3.05, 3.63) is 5.21 Å². The predicted octanol–water partition coefficient (Wildman–Crippen LogP) is 8.75. The van der Waals surface area contributed by atoms with Crippen molar-refractivity contribution in [2.45, 2.75) is 149 Å². The molecule has 0 fully saturated rings. The average molecular weight is 473 g/mol. The molecule has 4 heteroatoms. The van der Waals surface area contributed by atoms with Gasteiger partial charge in [-0.05, 0) is 19.4 Å². The van der Waals surface area contributed by atoms with Crippen LogP contribution in [0.1, 0.15) is 149 Å². The minimum absolute atomic E-state index is 0.225. The monoisotopic (exact) mass is 472 g/mol. The van der Waals surface area contributed by atoms with Crippen LogP contribution in [0.5, 0.6) is 0 Å². The molecule has 0 aromatic carbocycles. The third kappa shape index (κ3) is 39.4. The van der Waals surface area contributed by atoms with E-state index in [1.807, 2.05) is 0 Å². The van der Waals surface area contributed by atoms with Crippen molar-refractivity contribution in [2.75, 3.05) is 40.4 Å². The third-order valence-corrected chi connectivity index (χ3v) is 6.19. The minimum atomic E-state index is -0.225. The zero-order valence-electron chi connectivity index (χ0n) is 23.5. The van der Waals surface area contributed by atoms with Crippen LogP contribution < -0.4 is 5.73 Å². The highest BCUT2D eigenvalue weighted by molar-refractivity contribution is 4.49. The molecule has 0 aromatic heterocycles. The van der Waals surface area contributed by atoms with E-state index in [2.05, 4.69) is 13.8 Å². The summed E-state index contributed by atoms with van der Waals surface area (Å²) in [5.74, 6) is 0. The van der Waals surface area contributed by atoms with E-state index in [-0.39, 0.29) is 4.65 Å². The Balaban J connectivity index is 0. The van der Waals surface area contributed by atoms with E-state index in [1.54, 1.807) is 14.1 Å². The van der Waals surface area contributed by atoms with E-state index in [1.165, 1.54) is 128 Å². The van der Waals surface area contributed by atoms with Gasteiger partial charge in [0.05, 0.1) is 20.6 Å². The Bertz CT molecular complexity index is 310. The van der Waals surface area contributed by atoms with Gasteiger partial charge in [0.25, 0.3) is 0 Å². The Hall–Kier alpha value is -0.160. The molecule has 0 heterocycles. The second kappa shape index (κ2) is 29.9. The fourth-order valence-electron chi connectivity index (χ4n) is 3.96. The lowest BCUT2D eigenvalue weighted by atomic mass is 10.1. The number of quaternary nitrogens is 1. The Morgan fingerprint density at radius 1 is 0.515 bits per heavy atom. The molecule has 0 aliphatic carbocycles. The molecule has 2 N–H and O–H groups in total. The van der Waals surface area contributed by atoms with Gasteiger partial charge in [-0.15, -0.1) is 0 Å². The molecule has 0 spiro atoms. The predicted molar refractivity (Wildman–Crippen MR) is 149 cm³/mol. The summed E-state index contributed by atoms with van der Waals surface area (Å²) in [7, 11) is 3.24. The van der Waals surface area contributed by atoms with Crippen LogP contribution in [0.2, 0.25) is 0 Å². The van der Waals surface area contributed by atoms with E-state index in [9.17, 15) is 5.21 Å². The normalized spacial score (nSPS) is 11.5. The first-order valence-electron chi connectivity index (χ1n) is 14.8. The second-order valence-electron chi connectivity index (χ2n) is 10.4.